The van der Waals surface area contributed by atoms with Gasteiger partial charge in [-0.05, 0) is 54.8 Å². The largest absolute Gasteiger partial charge is 0.496 e. The Morgan fingerprint density at radius 1 is 0.943 bits per heavy atom. The second-order valence-electron chi connectivity index (χ2n) is 8.86. The lowest BCUT2D eigenvalue weighted by Gasteiger charge is -2.13. The number of anilines is 1. The minimum atomic E-state index is -0.988. The van der Waals surface area contributed by atoms with E-state index in [0.717, 1.165) is 58.7 Å². The fourth-order valence-electron chi connectivity index (χ4n) is 4.55. The van der Waals surface area contributed by atoms with Crippen LogP contribution in [0.1, 0.15) is 61.0 Å². The Bertz CT molecular complexity index is 1390. The first-order chi connectivity index (χ1) is 16.9. The van der Waals surface area contributed by atoms with Gasteiger partial charge >= 0.3 is 5.97 Å². The molecule has 4 rings (SSSR count). The number of benzene rings is 3. The molecule has 2 N–H and O–H groups in total. The monoisotopic (exact) mass is 472 g/mol. The van der Waals surface area contributed by atoms with Gasteiger partial charge in [-0.25, -0.2) is 4.79 Å². The number of methoxy groups -OCH3 is 1. The van der Waals surface area contributed by atoms with E-state index in [-0.39, 0.29) is 11.5 Å². The van der Waals surface area contributed by atoms with Crippen LogP contribution in [0.4, 0.5) is 5.69 Å². The Kier molecular flexibility index (Phi) is 7.39. The van der Waals surface area contributed by atoms with Gasteiger partial charge in [0, 0.05) is 34.0 Å². The molecule has 0 aliphatic carbocycles. The van der Waals surface area contributed by atoms with Gasteiger partial charge in [-0.1, -0.05) is 44.9 Å². The summed E-state index contributed by atoms with van der Waals surface area (Å²) in [6.45, 7) is 4.77. The Morgan fingerprint density at radius 2 is 1.77 bits per heavy atom. The summed E-state index contributed by atoms with van der Waals surface area (Å²) in [5, 5.41) is 14.7. The summed E-state index contributed by atoms with van der Waals surface area (Å²) in [7, 11) is 1.55. The van der Waals surface area contributed by atoms with Crippen LogP contribution in [0, 0.1) is 0 Å². The van der Waals surface area contributed by atoms with Crippen LogP contribution < -0.4 is 10.1 Å². The molecule has 0 fully saturated rings. The SMILES string of the molecule is CCCCCC(=O)Nc1ccc2c3cc(CC)ccc3n(Cc3ccc(C(=O)O)cc3OC)c2c1. The van der Waals surface area contributed by atoms with E-state index in [1.54, 1.807) is 25.3 Å². The van der Waals surface area contributed by atoms with Crippen LogP contribution in [0.2, 0.25) is 0 Å². The zero-order chi connectivity index (χ0) is 24.9. The third-order valence-corrected chi connectivity index (χ3v) is 6.49. The van der Waals surface area contributed by atoms with Crippen LogP contribution in [0.3, 0.4) is 0 Å². The maximum absolute atomic E-state index is 12.4. The number of ether oxygens (including phenoxy) is 1. The summed E-state index contributed by atoms with van der Waals surface area (Å²) < 4.78 is 7.74. The molecule has 6 nitrogen and oxygen atoms in total. The van der Waals surface area contributed by atoms with Crippen molar-refractivity contribution in [2.45, 2.75) is 52.5 Å². The van der Waals surface area contributed by atoms with Crippen molar-refractivity contribution in [2.24, 2.45) is 0 Å². The summed E-state index contributed by atoms with van der Waals surface area (Å²) in [4.78, 5) is 23.9. The van der Waals surface area contributed by atoms with Crippen molar-refractivity contribution in [3.8, 4) is 5.75 Å². The molecular formula is C29H32N2O4. The first-order valence-electron chi connectivity index (χ1n) is 12.2. The molecule has 0 bridgehead atoms. The van der Waals surface area contributed by atoms with E-state index in [1.165, 1.54) is 5.56 Å². The molecular weight excluding hydrogens is 440 g/mol. The lowest BCUT2D eigenvalue weighted by molar-refractivity contribution is -0.116. The number of carboxylic acid groups (broad SMARTS) is 1. The minimum absolute atomic E-state index is 0.0275. The summed E-state index contributed by atoms with van der Waals surface area (Å²) in [5.41, 5.74) is 5.18. The molecule has 0 saturated carbocycles. The molecule has 0 spiro atoms. The number of aromatic carboxylic acids is 1. The highest BCUT2D eigenvalue weighted by molar-refractivity contribution is 6.09. The van der Waals surface area contributed by atoms with E-state index >= 15 is 0 Å². The smallest absolute Gasteiger partial charge is 0.335 e. The first kappa shape index (κ1) is 24.3. The van der Waals surface area contributed by atoms with Gasteiger partial charge in [0.2, 0.25) is 5.91 Å². The Balaban J connectivity index is 1.79. The average molecular weight is 473 g/mol. The maximum Gasteiger partial charge on any atom is 0.335 e. The van der Waals surface area contributed by atoms with Crippen LogP contribution in [-0.4, -0.2) is 28.7 Å². The van der Waals surface area contributed by atoms with Gasteiger partial charge in [-0.15, -0.1) is 0 Å². The summed E-state index contributed by atoms with van der Waals surface area (Å²) >= 11 is 0. The fourth-order valence-corrected chi connectivity index (χ4v) is 4.55. The molecule has 0 aliphatic rings. The van der Waals surface area contributed by atoms with E-state index < -0.39 is 5.97 Å². The Morgan fingerprint density at radius 3 is 2.49 bits per heavy atom. The number of carboxylic acids is 1. The summed E-state index contributed by atoms with van der Waals surface area (Å²) in [6.07, 6.45) is 4.47. The van der Waals surface area contributed by atoms with Gasteiger partial charge < -0.3 is 19.7 Å². The average Bonchev–Trinajstić information content (AvgIpc) is 3.16. The van der Waals surface area contributed by atoms with Crippen molar-refractivity contribution in [1.82, 2.24) is 4.57 Å². The number of carbonyl (C=O) groups excluding carboxylic acids is 1. The predicted molar refractivity (Wildman–Crippen MR) is 141 cm³/mol. The molecule has 0 aliphatic heterocycles. The highest BCUT2D eigenvalue weighted by atomic mass is 16.5. The van der Waals surface area contributed by atoms with Gasteiger partial charge in [0.1, 0.15) is 5.75 Å². The van der Waals surface area contributed by atoms with Crippen LogP contribution in [-0.2, 0) is 17.8 Å². The number of unbranched alkanes of at least 4 members (excludes halogenated alkanes) is 2. The second kappa shape index (κ2) is 10.6. The maximum atomic E-state index is 12.4. The zero-order valence-corrected chi connectivity index (χ0v) is 20.6. The van der Waals surface area contributed by atoms with E-state index in [0.29, 0.717) is 18.7 Å². The number of nitrogens with one attached hydrogen (secondary N) is 1. The Hall–Kier alpha value is -3.80. The molecule has 1 heterocycles. The highest BCUT2D eigenvalue weighted by Crippen LogP contribution is 2.34. The van der Waals surface area contributed by atoms with Crippen molar-refractivity contribution < 1.29 is 19.4 Å². The number of aryl methyl sites for hydroxylation is 1. The van der Waals surface area contributed by atoms with Crippen molar-refractivity contribution in [3.63, 3.8) is 0 Å². The number of hydrogen-bond acceptors (Lipinski definition) is 3. The molecule has 0 radical (unpaired) electrons. The summed E-state index contributed by atoms with van der Waals surface area (Å²) in [5.74, 6) is -0.428. The number of rotatable bonds is 10. The first-order valence-corrected chi connectivity index (χ1v) is 12.2. The zero-order valence-electron chi connectivity index (χ0n) is 20.6. The van der Waals surface area contributed by atoms with Crippen LogP contribution in [0.15, 0.2) is 54.6 Å². The van der Waals surface area contributed by atoms with Crippen molar-refractivity contribution in [2.75, 3.05) is 12.4 Å². The van der Waals surface area contributed by atoms with Crippen LogP contribution in [0.5, 0.6) is 5.75 Å². The van der Waals surface area contributed by atoms with Crippen molar-refractivity contribution in [1.29, 1.82) is 0 Å². The van der Waals surface area contributed by atoms with Gasteiger partial charge in [0.05, 0.1) is 24.7 Å². The number of carbonyl (C=O) groups is 2. The lowest BCUT2D eigenvalue weighted by Crippen LogP contribution is -2.11. The lowest BCUT2D eigenvalue weighted by atomic mass is 10.1. The predicted octanol–water partition coefficient (Wildman–Crippen LogP) is 6.63. The molecule has 35 heavy (non-hydrogen) atoms. The third kappa shape index (κ3) is 5.16. The molecule has 1 aromatic heterocycles. The highest BCUT2D eigenvalue weighted by Gasteiger charge is 2.16. The normalized spacial score (nSPS) is 11.2. The number of nitrogens with zero attached hydrogens (tertiary/aromatic N) is 1. The number of aromatic nitrogens is 1. The van der Waals surface area contributed by atoms with E-state index in [2.05, 4.69) is 48.0 Å². The molecule has 3 aromatic carbocycles. The van der Waals surface area contributed by atoms with E-state index in [4.69, 9.17) is 4.74 Å². The van der Waals surface area contributed by atoms with E-state index in [1.807, 2.05) is 12.1 Å². The second-order valence-corrected chi connectivity index (χ2v) is 8.86. The third-order valence-electron chi connectivity index (χ3n) is 6.49. The minimum Gasteiger partial charge on any atom is -0.496 e. The van der Waals surface area contributed by atoms with Gasteiger partial charge in [-0.2, -0.15) is 0 Å². The quantitative estimate of drug-likeness (QED) is 0.254. The molecule has 1 amide bonds. The van der Waals surface area contributed by atoms with Gasteiger partial charge in [0.25, 0.3) is 0 Å². The van der Waals surface area contributed by atoms with Crippen molar-refractivity contribution in [3.05, 3.63) is 71.3 Å². The number of fused-ring (bicyclic) bond motifs is 3. The van der Waals surface area contributed by atoms with Gasteiger partial charge in [-0.3, -0.25) is 4.79 Å². The topological polar surface area (TPSA) is 80.6 Å². The van der Waals surface area contributed by atoms with Crippen LogP contribution in [0.25, 0.3) is 21.8 Å². The van der Waals surface area contributed by atoms with E-state index in [9.17, 15) is 14.7 Å². The molecule has 4 aromatic rings. The molecule has 6 heteroatoms. The molecule has 0 saturated heterocycles. The Labute approximate surface area is 205 Å². The fraction of sp³-hybridized carbons (Fsp3) is 0.310. The molecule has 182 valence electrons. The van der Waals surface area contributed by atoms with Gasteiger partial charge in [0.15, 0.2) is 0 Å². The number of hydrogen-bond donors (Lipinski definition) is 2. The molecule has 0 atom stereocenters. The standard InChI is InChI=1S/C29H32N2O4/c1-4-6-7-8-28(32)30-22-12-13-23-24-15-19(5-2)9-14-25(24)31(26(23)17-22)18-21-11-10-20(29(33)34)16-27(21)35-3/h9-17H,4-8,18H2,1-3H3,(H,30,32)(H,33,34). The molecule has 0 unspecified atom stereocenters. The van der Waals surface area contributed by atoms with Crippen LogP contribution >= 0.6 is 0 Å². The summed E-state index contributed by atoms with van der Waals surface area (Å²) in [6, 6.07) is 17.5. The number of amides is 1. The van der Waals surface area contributed by atoms with Crippen molar-refractivity contribution >= 4 is 39.4 Å².